The summed E-state index contributed by atoms with van der Waals surface area (Å²) in [6.45, 7) is 5.65. The zero-order valence-electron chi connectivity index (χ0n) is 16.8. The van der Waals surface area contributed by atoms with Crippen LogP contribution in [0.1, 0.15) is 30.8 Å². The Kier molecular flexibility index (Phi) is 4.47. The highest BCUT2D eigenvalue weighted by molar-refractivity contribution is 7.89. The molecule has 1 aliphatic heterocycles. The zero-order chi connectivity index (χ0) is 21.0. The highest BCUT2D eigenvalue weighted by Gasteiger charge is 2.43. The van der Waals surface area contributed by atoms with Gasteiger partial charge in [0.05, 0.1) is 16.0 Å². The van der Waals surface area contributed by atoms with Crippen molar-refractivity contribution in [1.29, 1.82) is 0 Å². The molecule has 0 bridgehead atoms. The molecule has 0 atom stereocenters. The molecule has 1 aromatic carbocycles. The highest BCUT2D eigenvalue weighted by Crippen LogP contribution is 2.43. The topological polar surface area (TPSA) is 96.7 Å². The minimum absolute atomic E-state index is 0.0446. The molecule has 1 amide bonds. The Bertz CT molecular complexity index is 1230. The van der Waals surface area contributed by atoms with E-state index in [-0.39, 0.29) is 17.3 Å². The Labute approximate surface area is 169 Å². The number of amides is 1. The van der Waals surface area contributed by atoms with Gasteiger partial charge < -0.3 is 4.90 Å². The number of benzene rings is 1. The van der Waals surface area contributed by atoms with E-state index in [1.54, 1.807) is 24.1 Å². The monoisotopic (exact) mass is 413 g/mol. The van der Waals surface area contributed by atoms with Crippen molar-refractivity contribution in [3.8, 4) is 0 Å². The van der Waals surface area contributed by atoms with Crippen LogP contribution in [0.25, 0.3) is 5.65 Å². The van der Waals surface area contributed by atoms with Gasteiger partial charge >= 0.3 is 0 Å². The molecule has 8 nitrogen and oxygen atoms in total. The van der Waals surface area contributed by atoms with Gasteiger partial charge in [-0.05, 0) is 56.2 Å². The third kappa shape index (κ3) is 3.10. The Morgan fingerprint density at radius 3 is 2.69 bits per heavy atom. The number of nitrogens with one attached hydrogen (secondary N) is 1. The Morgan fingerprint density at radius 1 is 1.17 bits per heavy atom. The summed E-state index contributed by atoms with van der Waals surface area (Å²) in [5.74, 6) is 0.638. The molecule has 2 aromatic heterocycles. The van der Waals surface area contributed by atoms with Gasteiger partial charge in [-0.15, -0.1) is 10.2 Å². The Balaban J connectivity index is 1.58. The summed E-state index contributed by atoms with van der Waals surface area (Å²) >= 11 is 0. The molecular weight excluding hydrogens is 390 g/mol. The van der Waals surface area contributed by atoms with Crippen molar-refractivity contribution in [2.24, 2.45) is 0 Å². The summed E-state index contributed by atoms with van der Waals surface area (Å²) in [5.41, 5.74) is 2.23. The Morgan fingerprint density at radius 2 is 1.93 bits per heavy atom. The van der Waals surface area contributed by atoms with E-state index in [0.29, 0.717) is 12.2 Å². The van der Waals surface area contributed by atoms with Gasteiger partial charge in [-0.25, -0.2) is 13.1 Å². The molecule has 1 aliphatic rings. The van der Waals surface area contributed by atoms with Crippen molar-refractivity contribution >= 4 is 27.3 Å². The van der Waals surface area contributed by atoms with Gasteiger partial charge in [0, 0.05) is 26.2 Å². The molecule has 0 spiro atoms. The first-order valence-corrected chi connectivity index (χ1v) is 10.8. The van der Waals surface area contributed by atoms with E-state index in [9.17, 15) is 13.2 Å². The number of hydrogen-bond acceptors (Lipinski definition) is 5. The van der Waals surface area contributed by atoms with Crippen LogP contribution in [0.4, 0.5) is 5.69 Å². The SMILES string of the molecule is Cc1cc(S(=O)(=O)NCCc2nnc3ccccn23)cc2c1N(C)C(=O)C2(C)C. The van der Waals surface area contributed by atoms with Gasteiger partial charge in [-0.2, -0.15) is 0 Å². The average Bonchev–Trinajstić information content (AvgIpc) is 3.16. The molecule has 4 rings (SSSR count). The smallest absolute Gasteiger partial charge is 0.240 e. The minimum Gasteiger partial charge on any atom is -0.314 e. The van der Waals surface area contributed by atoms with Gasteiger partial charge in [0.15, 0.2) is 5.65 Å². The molecule has 3 heterocycles. The Hall–Kier alpha value is -2.78. The maximum absolute atomic E-state index is 12.9. The maximum Gasteiger partial charge on any atom is 0.240 e. The second-order valence-corrected chi connectivity index (χ2v) is 9.59. The summed E-state index contributed by atoms with van der Waals surface area (Å²) < 4.78 is 30.3. The second kappa shape index (κ2) is 6.64. The fraction of sp³-hybridized carbons (Fsp3) is 0.350. The summed E-state index contributed by atoms with van der Waals surface area (Å²) in [5, 5.41) is 8.19. The van der Waals surface area contributed by atoms with E-state index >= 15 is 0 Å². The van der Waals surface area contributed by atoms with E-state index in [1.165, 1.54) is 0 Å². The number of pyridine rings is 1. The van der Waals surface area contributed by atoms with Gasteiger partial charge in [-0.1, -0.05) is 6.07 Å². The van der Waals surface area contributed by atoms with Crippen molar-refractivity contribution in [2.75, 3.05) is 18.5 Å². The van der Waals surface area contributed by atoms with Crippen LogP contribution in [0.15, 0.2) is 41.4 Å². The molecule has 0 saturated carbocycles. The third-order valence-electron chi connectivity index (χ3n) is 5.46. The predicted octanol–water partition coefficient (Wildman–Crippen LogP) is 1.81. The van der Waals surface area contributed by atoms with Crippen molar-refractivity contribution in [1.82, 2.24) is 19.3 Å². The molecule has 3 aromatic rings. The standard InChI is InChI=1S/C20H23N5O3S/c1-13-11-14(12-15-18(13)24(4)19(26)20(15,2)3)29(27,28)21-9-8-17-23-22-16-7-5-6-10-25(16)17/h5-7,10-12,21H,8-9H2,1-4H3. The first kappa shape index (κ1) is 19.5. The number of carbonyl (C=O) groups excluding carboxylic acids is 1. The summed E-state index contributed by atoms with van der Waals surface area (Å²) in [6.07, 6.45) is 2.25. The van der Waals surface area contributed by atoms with Gasteiger partial charge in [0.25, 0.3) is 0 Å². The van der Waals surface area contributed by atoms with Crippen molar-refractivity contribution < 1.29 is 13.2 Å². The van der Waals surface area contributed by atoms with Crippen LogP contribution in [-0.2, 0) is 26.7 Å². The highest BCUT2D eigenvalue weighted by atomic mass is 32.2. The number of aryl methyl sites for hydroxylation is 1. The van der Waals surface area contributed by atoms with Crippen LogP contribution < -0.4 is 9.62 Å². The van der Waals surface area contributed by atoms with Crippen LogP contribution >= 0.6 is 0 Å². The summed E-state index contributed by atoms with van der Waals surface area (Å²) in [7, 11) is -2.01. The first-order valence-electron chi connectivity index (χ1n) is 9.34. The number of anilines is 1. The number of rotatable bonds is 5. The van der Waals surface area contributed by atoms with Crippen molar-refractivity contribution in [3.05, 3.63) is 53.5 Å². The largest absolute Gasteiger partial charge is 0.314 e. The lowest BCUT2D eigenvalue weighted by molar-refractivity contribution is -0.121. The summed E-state index contributed by atoms with van der Waals surface area (Å²) in [6, 6.07) is 8.80. The van der Waals surface area contributed by atoms with E-state index < -0.39 is 15.4 Å². The molecule has 0 fully saturated rings. The average molecular weight is 414 g/mol. The fourth-order valence-electron chi connectivity index (χ4n) is 3.90. The molecule has 152 valence electrons. The van der Waals surface area contributed by atoms with Gasteiger partial charge in [0.1, 0.15) is 5.82 Å². The number of hydrogen-bond donors (Lipinski definition) is 1. The van der Waals surface area contributed by atoms with E-state index in [4.69, 9.17) is 0 Å². The number of nitrogens with zero attached hydrogens (tertiary/aromatic N) is 4. The lowest BCUT2D eigenvalue weighted by Gasteiger charge is -2.17. The van der Waals surface area contributed by atoms with Crippen LogP contribution in [0.5, 0.6) is 0 Å². The zero-order valence-corrected chi connectivity index (χ0v) is 17.6. The molecule has 1 N–H and O–H groups in total. The molecule has 0 saturated heterocycles. The number of likely N-dealkylation sites (N-methyl/N-ethyl adjacent to an activating group) is 1. The van der Waals surface area contributed by atoms with E-state index in [1.807, 2.05) is 49.6 Å². The molecule has 0 aliphatic carbocycles. The minimum atomic E-state index is -3.73. The number of aromatic nitrogens is 3. The summed E-state index contributed by atoms with van der Waals surface area (Å²) in [4.78, 5) is 14.3. The van der Waals surface area contributed by atoms with E-state index in [0.717, 1.165) is 22.5 Å². The van der Waals surface area contributed by atoms with Crippen LogP contribution in [0.3, 0.4) is 0 Å². The molecule has 29 heavy (non-hydrogen) atoms. The number of fused-ring (bicyclic) bond motifs is 2. The van der Waals surface area contributed by atoms with E-state index in [2.05, 4.69) is 14.9 Å². The van der Waals surface area contributed by atoms with Crippen molar-refractivity contribution in [3.63, 3.8) is 0 Å². The van der Waals surface area contributed by atoms with Crippen LogP contribution in [0.2, 0.25) is 0 Å². The second-order valence-electron chi connectivity index (χ2n) is 7.82. The maximum atomic E-state index is 12.9. The lowest BCUT2D eigenvalue weighted by Crippen LogP contribution is -2.33. The van der Waals surface area contributed by atoms with Crippen LogP contribution in [0, 0.1) is 6.92 Å². The van der Waals surface area contributed by atoms with Crippen LogP contribution in [-0.4, -0.2) is 42.5 Å². The number of carbonyl (C=O) groups is 1. The van der Waals surface area contributed by atoms with Crippen molar-refractivity contribution in [2.45, 2.75) is 37.5 Å². The molecule has 9 heteroatoms. The quantitative estimate of drug-likeness (QED) is 0.688. The molecule has 0 radical (unpaired) electrons. The molecule has 0 unspecified atom stereocenters. The number of sulfonamides is 1. The fourth-order valence-corrected chi connectivity index (χ4v) is 5.04. The normalized spacial score (nSPS) is 15.9. The molecular formula is C20H23N5O3S. The van der Waals surface area contributed by atoms with Gasteiger partial charge in [0.2, 0.25) is 15.9 Å². The predicted molar refractivity (Wildman–Crippen MR) is 109 cm³/mol. The lowest BCUT2D eigenvalue weighted by atomic mass is 9.85. The first-order chi connectivity index (χ1) is 13.6. The van der Waals surface area contributed by atoms with Gasteiger partial charge in [-0.3, -0.25) is 9.20 Å². The third-order valence-corrected chi connectivity index (χ3v) is 6.90.